The van der Waals surface area contributed by atoms with E-state index in [0.29, 0.717) is 0 Å². The van der Waals surface area contributed by atoms with Gasteiger partial charge in [0.15, 0.2) is 0 Å². The number of hydrogen-bond donors (Lipinski definition) is 0. The number of carboxylic acids is 1. The van der Waals surface area contributed by atoms with Crippen LogP contribution in [0.2, 0.25) is 0 Å². The smallest absolute Gasteiger partial charge is 0.544 e. The monoisotopic (exact) mass is 470 g/mol. The molecule has 0 aromatic carbocycles. The van der Waals surface area contributed by atoms with Gasteiger partial charge in [0.1, 0.15) is 5.97 Å². The second-order valence-corrected chi connectivity index (χ2v) is 4.81. The number of carboxylic acid groups (broad SMARTS) is 1. The summed E-state index contributed by atoms with van der Waals surface area (Å²) in [5.74, 6) is -63.5. The first-order valence-electron chi connectivity index (χ1n) is 5.62. The Kier molecular flexibility index (Phi) is 7.50. The average molecular weight is 470 g/mol. The third-order valence-electron chi connectivity index (χ3n) is 2.98. The summed E-state index contributed by atoms with van der Waals surface area (Å²) in [6.45, 7) is 0. The zero-order chi connectivity index (χ0) is 23.6. The van der Waals surface area contributed by atoms with Crippen molar-refractivity contribution in [3.05, 3.63) is 0 Å². The quantitative estimate of drug-likeness (QED) is 0.408. The molecule has 29 heavy (non-hydrogen) atoms. The third-order valence-corrected chi connectivity index (χ3v) is 2.98. The molecule has 168 valence electrons. The van der Waals surface area contributed by atoms with E-state index in [2.05, 4.69) is 0 Å². The number of aliphatic carboxylic acids is 1. The van der Waals surface area contributed by atoms with Crippen LogP contribution in [0.25, 0.3) is 0 Å². The summed E-state index contributed by atoms with van der Waals surface area (Å²) in [4.78, 5) is 9.65. The van der Waals surface area contributed by atoms with Crippen LogP contribution in [0, 0.1) is 0 Å². The molecule has 0 aliphatic heterocycles. The summed E-state index contributed by atoms with van der Waals surface area (Å²) in [6.07, 6.45) is -7.84. The molecular formula is C9F17LiO2. The van der Waals surface area contributed by atoms with Crippen LogP contribution in [0.3, 0.4) is 0 Å². The van der Waals surface area contributed by atoms with Gasteiger partial charge in [0.2, 0.25) is 0 Å². The fourth-order valence-electron chi connectivity index (χ4n) is 1.29. The number of halogens is 17. The van der Waals surface area contributed by atoms with Crippen molar-refractivity contribution < 1.29 is 103 Å². The van der Waals surface area contributed by atoms with Crippen molar-refractivity contribution >= 4 is 5.97 Å². The van der Waals surface area contributed by atoms with Crippen molar-refractivity contribution in [1.29, 1.82) is 0 Å². The SMILES string of the molecule is O=C([O-])C(F)(F)C(F)(F)C(F)(F)C(F)(F)C(F)(F)C(F)(F)C(F)(F)C(F)(F)F.[Li+]. The summed E-state index contributed by atoms with van der Waals surface area (Å²) in [7, 11) is 0. The Morgan fingerprint density at radius 2 is 0.655 bits per heavy atom. The first-order chi connectivity index (χ1) is 11.7. The van der Waals surface area contributed by atoms with E-state index in [1.54, 1.807) is 0 Å². The zero-order valence-electron chi connectivity index (χ0n) is 12.7. The van der Waals surface area contributed by atoms with E-state index in [0.717, 1.165) is 0 Å². The molecule has 0 atom stereocenters. The molecule has 0 fully saturated rings. The van der Waals surface area contributed by atoms with Crippen molar-refractivity contribution in [1.82, 2.24) is 0 Å². The molecule has 0 aromatic heterocycles. The van der Waals surface area contributed by atoms with E-state index < -0.39 is 53.6 Å². The van der Waals surface area contributed by atoms with Crippen molar-refractivity contribution in [3.8, 4) is 0 Å². The Bertz CT molecular complexity index is 621. The molecule has 2 nitrogen and oxygen atoms in total. The molecule has 0 saturated carbocycles. The molecule has 0 N–H and O–H groups in total. The number of carbonyl (C=O) groups is 1. The summed E-state index contributed by atoms with van der Waals surface area (Å²) >= 11 is 0. The Balaban J connectivity index is 0. The maximum Gasteiger partial charge on any atom is 1.00 e. The summed E-state index contributed by atoms with van der Waals surface area (Å²) < 4.78 is 214. The molecule has 0 aliphatic rings. The van der Waals surface area contributed by atoms with E-state index in [9.17, 15) is 84.5 Å². The van der Waals surface area contributed by atoms with Crippen LogP contribution < -0.4 is 24.0 Å². The molecule has 0 rings (SSSR count). The van der Waals surface area contributed by atoms with Gasteiger partial charge in [-0.15, -0.1) is 0 Å². The van der Waals surface area contributed by atoms with E-state index in [1.807, 2.05) is 0 Å². The topological polar surface area (TPSA) is 40.1 Å². The standard InChI is InChI=1S/C9HF17O2.Li/c10-2(11,1(27)28)3(12,13)4(14,15)5(16,17)6(18,19)7(20,21)8(22,23)9(24,25)26;/h(H,27,28);/q;+1/p-1. The Morgan fingerprint density at radius 3 is 0.862 bits per heavy atom. The van der Waals surface area contributed by atoms with Crippen LogP contribution in [0.15, 0.2) is 0 Å². The molecular weight excluding hydrogens is 470 g/mol. The van der Waals surface area contributed by atoms with Crippen molar-refractivity contribution in [3.63, 3.8) is 0 Å². The first-order valence-corrected chi connectivity index (χ1v) is 5.62. The number of hydrogen-bond acceptors (Lipinski definition) is 2. The maximum absolute atomic E-state index is 13.0. The Morgan fingerprint density at radius 1 is 0.448 bits per heavy atom. The number of alkyl halides is 17. The largest absolute Gasteiger partial charge is 1.00 e. The van der Waals surface area contributed by atoms with E-state index >= 15 is 0 Å². The second kappa shape index (κ2) is 7.23. The first kappa shape index (κ1) is 30.1. The number of rotatable bonds is 7. The molecule has 0 unspecified atom stereocenters. The molecule has 0 radical (unpaired) electrons. The van der Waals surface area contributed by atoms with Gasteiger partial charge in [0.05, 0.1) is 0 Å². The van der Waals surface area contributed by atoms with Crippen LogP contribution >= 0.6 is 0 Å². The van der Waals surface area contributed by atoms with Gasteiger partial charge in [-0.2, -0.15) is 74.6 Å². The molecule has 0 bridgehead atoms. The number of carbonyl (C=O) groups excluding carboxylic acids is 1. The summed E-state index contributed by atoms with van der Waals surface area (Å²) in [5, 5.41) is 9.65. The van der Waals surface area contributed by atoms with Gasteiger partial charge in [0.25, 0.3) is 0 Å². The average Bonchev–Trinajstić information content (AvgIpc) is 2.44. The van der Waals surface area contributed by atoms with Crippen LogP contribution in [0.5, 0.6) is 0 Å². The van der Waals surface area contributed by atoms with Gasteiger partial charge in [-0.25, -0.2) is 0 Å². The molecule has 0 aliphatic carbocycles. The summed E-state index contributed by atoms with van der Waals surface area (Å²) in [6, 6.07) is 0. The fourth-order valence-corrected chi connectivity index (χ4v) is 1.29. The van der Waals surface area contributed by atoms with Gasteiger partial charge in [-0.3, -0.25) is 0 Å². The maximum atomic E-state index is 13.0. The fraction of sp³-hybridized carbons (Fsp3) is 0.889. The van der Waals surface area contributed by atoms with Crippen molar-refractivity contribution in [2.45, 2.75) is 47.6 Å². The van der Waals surface area contributed by atoms with Crippen molar-refractivity contribution in [2.24, 2.45) is 0 Å². The zero-order valence-corrected chi connectivity index (χ0v) is 12.7. The van der Waals surface area contributed by atoms with Crippen molar-refractivity contribution in [2.75, 3.05) is 0 Å². The van der Waals surface area contributed by atoms with Gasteiger partial charge in [-0.05, 0) is 0 Å². The Labute approximate surface area is 158 Å². The minimum atomic E-state index is -8.79. The van der Waals surface area contributed by atoms with Crippen LogP contribution in [0.1, 0.15) is 0 Å². The Hall–Kier alpha value is -1.12. The van der Waals surface area contributed by atoms with Crippen LogP contribution in [-0.4, -0.2) is 53.6 Å². The van der Waals surface area contributed by atoms with Gasteiger partial charge in [0, 0.05) is 0 Å². The minimum absolute atomic E-state index is 0. The summed E-state index contributed by atoms with van der Waals surface area (Å²) in [5.41, 5.74) is 0. The van der Waals surface area contributed by atoms with Gasteiger partial charge < -0.3 is 9.90 Å². The molecule has 0 saturated heterocycles. The predicted molar refractivity (Wildman–Crippen MR) is 45.7 cm³/mol. The minimum Gasteiger partial charge on any atom is -0.544 e. The van der Waals surface area contributed by atoms with Gasteiger partial charge >= 0.3 is 66.5 Å². The van der Waals surface area contributed by atoms with E-state index in [4.69, 9.17) is 0 Å². The molecule has 0 amide bonds. The molecule has 0 aromatic rings. The normalized spacial score (nSPS) is 15.8. The third kappa shape index (κ3) is 3.61. The van der Waals surface area contributed by atoms with E-state index in [-0.39, 0.29) is 18.9 Å². The van der Waals surface area contributed by atoms with E-state index in [1.165, 1.54) is 0 Å². The van der Waals surface area contributed by atoms with Crippen LogP contribution in [-0.2, 0) is 4.79 Å². The second-order valence-electron chi connectivity index (χ2n) is 4.81. The van der Waals surface area contributed by atoms with Gasteiger partial charge in [-0.1, -0.05) is 0 Å². The predicted octanol–water partition coefficient (Wildman–Crippen LogP) is 0.750. The molecule has 20 heteroatoms. The van der Waals surface area contributed by atoms with Crippen LogP contribution in [0.4, 0.5) is 74.6 Å². The molecule has 0 heterocycles. The molecule has 0 spiro atoms.